The molecule has 0 unspecified atom stereocenters. The summed E-state index contributed by atoms with van der Waals surface area (Å²) in [6.07, 6.45) is 4.08. The van der Waals surface area contributed by atoms with Gasteiger partial charge < -0.3 is 14.5 Å². The second kappa shape index (κ2) is 4.57. The van der Waals surface area contributed by atoms with Gasteiger partial charge in [0.15, 0.2) is 11.6 Å². The van der Waals surface area contributed by atoms with Crippen LogP contribution in [0.2, 0.25) is 0 Å². The van der Waals surface area contributed by atoms with Crippen molar-refractivity contribution in [1.82, 2.24) is 9.97 Å². The third-order valence-electron chi connectivity index (χ3n) is 3.67. The number of H-pyrrole nitrogens is 1. The Kier molecular flexibility index (Phi) is 2.89. The molecule has 2 N–H and O–H groups in total. The minimum Gasteiger partial charge on any atom is -0.493 e. The van der Waals surface area contributed by atoms with E-state index in [9.17, 15) is 9.90 Å². The SMILES string of the molecule is Cc1ccc(-c2nc(O)c(C3CCCC3)c(=O)[nH]2)o1. The zero-order chi connectivity index (χ0) is 13.4. The number of nitrogens with one attached hydrogen (secondary N) is 1. The quantitative estimate of drug-likeness (QED) is 0.870. The van der Waals surface area contributed by atoms with E-state index in [-0.39, 0.29) is 23.2 Å². The number of aromatic hydroxyl groups is 1. The minimum absolute atomic E-state index is 0.128. The third kappa shape index (κ3) is 2.16. The molecule has 0 aromatic carbocycles. The zero-order valence-corrected chi connectivity index (χ0v) is 10.8. The second-order valence-electron chi connectivity index (χ2n) is 5.04. The Bertz CT molecular complexity index is 651. The molecule has 19 heavy (non-hydrogen) atoms. The van der Waals surface area contributed by atoms with Gasteiger partial charge in [-0.25, -0.2) is 0 Å². The van der Waals surface area contributed by atoms with E-state index in [4.69, 9.17) is 4.42 Å². The number of aryl methyl sites for hydroxylation is 1. The van der Waals surface area contributed by atoms with Crippen LogP contribution >= 0.6 is 0 Å². The van der Waals surface area contributed by atoms with Crippen LogP contribution < -0.4 is 5.56 Å². The van der Waals surface area contributed by atoms with Gasteiger partial charge in [0.25, 0.3) is 5.56 Å². The maximum absolute atomic E-state index is 12.1. The third-order valence-corrected chi connectivity index (χ3v) is 3.67. The Labute approximate surface area is 110 Å². The summed E-state index contributed by atoms with van der Waals surface area (Å²) in [6.45, 7) is 1.81. The minimum atomic E-state index is -0.261. The van der Waals surface area contributed by atoms with E-state index in [0.29, 0.717) is 11.3 Å². The highest BCUT2D eigenvalue weighted by molar-refractivity contribution is 5.48. The summed E-state index contributed by atoms with van der Waals surface area (Å²) in [5.41, 5.74) is 0.160. The number of aromatic amines is 1. The molecule has 1 aliphatic rings. The summed E-state index contributed by atoms with van der Waals surface area (Å²) >= 11 is 0. The van der Waals surface area contributed by atoms with E-state index in [1.807, 2.05) is 6.92 Å². The number of hydrogen-bond donors (Lipinski definition) is 2. The molecule has 0 radical (unpaired) electrons. The lowest BCUT2D eigenvalue weighted by atomic mass is 10.00. The normalized spacial score (nSPS) is 16.1. The summed E-state index contributed by atoms with van der Waals surface area (Å²) in [6, 6.07) is 3.51. The lowest BCUT2D eigenvalue weighted by molar-refractivity contribution is 0.434. The van der Waals surface area contributed by atoms with E-state index in [1.54, 1.807) is 12.1 Å². The Balaban J connectivity index is 2.04. The highest BCUT2D eigenvalue weighted by Gasteiger charge is 2.25. The average molecular weight is 260 g/mol. The topological polar surface area (TPSA) is 79.1 Å². The van der Waals surface area contributed by atoms with Gasteiger partial charge in [-0.2, -0.15) is 4.98 Å². The Morgan fingerprint density at radius 3 is 2.68 bits per heavy atom. The number of furan rings is 1. The molecule has 3 rings (SSSR count). The Morgan fingerprint density at radius 1 is 1.37 bits per heavy atom. The molecule has 1 fully saturated rings. The van der Waals surface area contributed by atoms with E-state index >= 15 is 0 Å². The molecule has 0 amide bonds. The van der Waals surface area contributed by atoms with E-state index < -0.39 is 0 Å². The first kappa shape index (κ1) is 12.0. The smallest absolute Gasteiger partial charge is 0.258 e. The summed E-state index contributed by atoms with van der Waals surface area (Å²) < 4.78 is 5.40. The van der Waals surface area contributed by atoms with Crippen molar-refractivity contribution >= 4 is 0 Å². The van der Waals surface area contributed by atoms with E-state index in [0.717, 1.165) is 31.4 Å². The molecule has 5 heteroatoms. The van der Waals surface area contributed by atoms with Gasteiger partial charge in [-0.05, 0) is 37.8 Å². The van der Waals surface area contributed by atoms with Gasteiger partial charge in [-0.15, -0.1) is 0 Å². The fraction of sp³-hybridized carbons (Fsp3) is 0.429. The molecule has 100 valence electrons. The van der Waals surface area contributed by atoms with Crippen molar-refractivity contribution in [3.8, 4) is 17.5 Å². The Morgan fingerprint density at radius 2 is 2.11 bits per heavy atom. The predicted octanol–water partition coefficient (Wildman–Crippen LogP) is 2.70. The van der Waals surface area contributed by atoms with Crippen molar-refractivity contribution < 1.29 is 9.52 Å². The number of nitrogens with zero attached hydrogens (tertiary/aromatic N) is 1. The van der Waals surface area contributed by atoms with Crippen LogP contribution in [0.25, 0.3) is 11.6 Å². The molecular weight excluding hydrogens is 244 g/mol. The summed E-state index contributed by atoms with van der Waals surface area (Å²) in [5, 5.41) is 10.0. The van der Waals surface area contributed by atoms with Crippen LogP contribution in [0.4, 0.5) is 0 Å². The summed E-state index contributed by atoms with van der Waals surface area (Å²) in [5.74, 6) is 1.43. The maximum Gasteiger partial charge on any atom is 0.258 e. The monoisotopic (exact) mass is 260 g/mol. The first-order valence-corrected chi connectivity index (χ1v) is 6.55. The van der Waals surface area contributed by atoms with Crippen LogP contribution in [0.15, 0.2) is 21.3 Å². The average Bonchev–Trinajstić information content (AvgIpc) is 2.99. The number of hydrogen-bond acceptors (Lipinski definition) is 4. The Hall–Kier alpha value is -2.04. The van der Waals surface area contributed by atoms with Crippen molar-refractivity contribution in [3.05, 3.63) is 33.8 Å². The highest BCUT2D eigenvalue weighted by atomic mass is 16.3. The highest BCUT2D eigenvalue weighted by Crippen LogP contribution is 2.35. The predicted molar refractivity (Wildman–Crippen MR) is 70.2 cm³/mol. The summed E-state index contributed by atoms with van der Waals surface area (Å²) in [4.78, 5) is 18.9. The zero-order valence-electron chi connectivity index (χ0n) is 10.8. The molecule has 1 saturated carbocycles. The lowest BCUT2D eigenvalue weighted by Crippen LogP contribution is -2.17. The fourth-order valence-electron chi connectivity index (χ4n) is 2.73. The van der Waals surface area contributed by atoms with Gasteiger partial charge >= 0.3 is 0 Å². The van der Waals surface area contributed by atoms with Crippen LogP contribution in [-0.2, 0) is 0 Å². The van der Waals surface area contributed by atoms with Gasteiger partial charge in [0, 0.05) is 0 Å². The molecule has 0 atom stereocenters. The molecule has 0 bridgehead atoms. The molecule has 2 heterocycles. The molecule has 2 aromatic heterocycles. The molecule has 0 spiro atoms. The largest absolute Gasteiger partial charge is 0.493 e. The van der Waals surface area contributed by atoms with Gasteiger partial charge in [0.2, 0.25) is 5.88 Å². The molecule has 2 aromatic rings. The summed E-state index contributed by atoms with van der Waals surface area (Å²) in [7, 11) is 0. The molecule has 1 aliphatic carbocycles. The maximum atomic E-state index is 12.1. The van der Waals surface area contributed by atoms with E-state index in [2.05, 4.69) is 9.97 Å². The van der Waals surface area contributed by atoms with Crippen LogP contribution in [0.1, 0.15) is 42.9 Å². The molecule has 0 aliphatic heterocycles. The van der Waals surface area contributed by atoms with Crippen LogP contribution in [0.3, 0.4) is 0 Å². The van der Waals surface area contributed by atoms with Gasteiger partial charge in [-0.1, -0.05) is 12.8 Å². The first-order valence-electron chi connectivity index (χ1n) is 6.55. The lowest BCUT2D eigenvalue weighted by Gasteiger charge is -2.10. The van der Waals surface area contributed by atoms with Gasteiger partial charge in [0.05, 0.1) is 5.56 Å². The van der Waals surface area contributed by atoms with Gasteiger partial charge in [-0.3, -0.25) is 4.79 Å². The van der Waals surface area contributed by atoms with Crippen molar-refractivity contribution in [1.29, 1.82) is 0 Å². The van der Waals surface area contributed by atoms with Crippen molar-refractivity contribution in [2.24, 2.45) is 0 Å². The van der Waals surface area contributed by atoms with Crippen LogP contribution in [-0.4, -0.2) is 15.1 Å². The second-order valence-corrected chi connectivity index (χ2v) is 5.04. The molecular formula is C14H16N2O3. The fourth-order valence-corrected chi connectivity index (χ4v) is 2.73. The molecule has 5 nitrogen and oxygen atoms in total. The number of aromatic nitrogens is 2. The van der Waals surface area contributed by atoms with Crippen LogP contribution in [0.5, 0.6) is 5.88 Å². The van der Waals surface area contributed by atoms with Crippen molar-refractivity contribution in [2.75, 3.05) is 0 Å². The number of rotatable bonds is 2. The van der Waals surface area contributed by atoms with Gasteiger partial charge in [0.1, 0.15) is 5.76 Å². The van der Waals surface area contributed by atoms with E-state index in [1.165, 1.54) is 0 Å². The standard InChI is InChI=1S/C14H16N2O3/c1-8-6-7-10(19-8)12-15-13(17)11(14(18)16-12)9-4-2-3-5-9/h6-7,9H,2-5H2,1H3,(H2,15,16,17,18). The first-order chi connectivity index (χ1) is 9.15. The molecule has 0 saturated heterocycles. The van der Waals surface area contributed by atoms with Crippen molar-refractivity contribution in [2.45, 2.75) is 38.5 Å². The van der Waals surface area contributed by atoms with Crippen LogP contribution in [0, 0.1) is 6.92 Å². The van der Waals surface area contributed by atoms with Crippen molar-refractivity contribution in [3.63, 3.8) is 0 Å².